The highest BCUT2D eigenvalue weighted by molar-refractivity contribution is 6.42. The minimum absolute atomic E-state index is 0.00186. The first-order valence-corrected chi connectivity index (χ1v) is 9.44. The summed E-state index contributed by atoms with van der Waals surface area (Å²) in [7, 11) is 1.68. The summed E-state index contributed by atoms with van der Waals surface area (Å²) < 4.78 is 0. The molecule has 2 N–H and O–H groups in total. The summed E-state index contributed by atoms with van der Waals surface area (Å²) in [6, 6.07) is 10.6. The molecule has 2 aromatic rings. The van der Waals surface area contributed by atoms with E-state index in [1.807, 2.05) is 31.2 Å². The van der Waals surface area contributed by atoms with Gasteiger partial charge in [0.15, 0.2) is 0 Å². The number of para-hydroxylation sites is 1. The summed E-state index contributed by atoms with van der Waals surface area (Å²) >= 11 is 18.0. The van der Waals surface area contributed by atoms with Crippen LogP contribution in [0.25, 0.3) is 0 Å². The van der Waals surface area contributed by atoms with E-state index in [9.17, 15) is 9.59 Å². The quantitative estimate of drug-likeness (QED) is 0.671. The van der Waals surface area contributed by atoms with Gasteiger partial charge in [0.1, 0.15) is 0 Å². The maximum absolute atomic E-state index is 12.2. The van der Waals surface area contributed by atoms with Crippen molar-refractivity contribution in [3.05, 3.63) is 57.0 Å². The van der Waals surface area contributed by atoms with Gasteiger partial charge >= 0.3 is 0 Å². The predicted octanol–water partition coefficient (Wildman–Crippen LogP) is 4.72. The van der Waals surface area contributed by atoms with Gasteiger partial charge in [-0.25, -0.2) is 0 Å². The lowest BCUT2D eigenvalue weighted by molar-refractivity contribution is -0.119. The van der Waals surface area contributed by atoms with Crippen LogP contribution in [0.15, 0.2) is 36.4 Å². The summed E-state index contributed by atoms with van der Waals surface area (Å²) in [5.74, 6) is -0.542. The first kappa shape index (κ1) is 21.5. The molecule has 0 atom stereocenters. The normalized spacial score (nSPS) is 10.7. The average molecular weight is 429 g/mol. The summed E-state index contributed by atoms with van der Waals surface area (Å²) in [5, 5.41) is 6.39. The van der Waals surface area contributed by atoms with Crippen LogP contribution in [0.4, 0.5) is 11.4 Å². The van der Waals surface area contributed by atoms with Crippen molar-refractivity contribution in [2.24, 2.45) is 0 Å². The number of nitrogens with zero attached hydrogens (tertiary/aromatic N) is 1. The predicted molar refractivity (Wildman–Crippen MR) is 112 cm³/mol. The molecule has 2 amide bonds. The third-order valence-corrected chi connectivity index (χ3v) is 4.59. The fourth-order valence-electron chi connectivity index (χ4n) is 2.53. The van der Waals surface area contributed by atoms with Crippen LogP contribution in [0.3, 0.4) is 0 Å². The van der Waals surface area contributed by atoms with E-state index in [0.717, 1.165) is 17.7 Å². The van der Waals surface area contributed by atoms with E-state index in [2.05, 4.69) is 10.6 Å². The molecule has 8 heteroatoms. The lowest BCUT2D eigenvalue weighted by atomic mass is 10.1. The molecule has 144 valence electrons. The maximum Gasteiger partial charge on any atom is 0.238 e. The van der Waals surface area contributed by atoms with Gasteiger partial charge < -0.3 is 10.6 Å². The van der Waals surface area contributed by atoms with E-state index >= 15 is 0 Å². The highest BCUT2D eigenvalue weighted by atomic mass is 35.5. The van der Waals surface area contributed by atoms with Crippen molar-refractivity contribution in [1.29, 1.82) is 0 Å². The van der Waals surface area contributed by atoms with Crippen LogP contribution in [0.2, 0.25) is 15.1 Å². The number of amides is 2. The minimum Gasteiger partial charge on any atom is -0.325 e. The van der Waals surface area contributed by atoms with Crippen LogP contribution in [0, 0.1) is 0 Å². The van der Waals surface area contributed by atoms with Crippen molar-refractivity contribution in [2.45, 2.75) is 13.3 Å². The van der Waals surface area contributed by atoms with Crippen molar-refractivity contribution in [3.8, 4) is 0 Å². The number of carbonyl (C=O) groups excluding carboxylic acids is 2. The Labute approximate surface area is 173 Å². The van der Waals surface area contributed by atoms with E-state index in [-0.39, 0.29) is 34.9 Å². The number of aryl methyl sites for hydroxylation is 1. The van der Waals surface area contributed by atoms with Crippen molar-refractivity contribution in [3.63, 3.8) is 0 Å². The van der Waals surface area contributed by atoms with E-state index in [4.69, 9.17) is 34.8 Å². The number of hydrogen-bond acceptors (Lipinski definition) is 3. The molecule has 5 nitrogen and oxygen atoms in total. The first-order valence-electron chi connectivity index (χ1n) is 8.30. The number of hydrogen-bond donors (Lipinski definition) is 2. The molecular weight excluding hydrogens is 409 g/mol. The van der Waals surface area contributed by atoms with Gasteiger partial charge in [-0.1, -0.05) is 59.9 Å². The van der Waals surface area contributed by atoms with E-state index in [0.29, 0.717) is 10.7 Å². The highest BCUT2D eigenvalue weighted by Gasteiger charge is 2.15. The molecule has 0 bridgehead atoms. The number of rotatable bonds is 7. The van der Waals surface area contributed by atoms with Gasteiger partial charge in [0, 0.05) is 10.7 Å². The van der Waals surface area contributed by atoms with Crippen LogP contribution in [0.1, 0.15) is 12.5 Å². The molecule has 0 radical (unpaired) electrons. The Morgan fingerprint density at radius 1 is 0.963 bits per heavy atom. The number of benzene rings is 2. The summed E-state index contributed by atoms with van der Waals surface area (Å²) in [5.41, 5.74) is 2.13. The van der Waals surface area contributed by atoms with Gasteiger partial charge in [0.25, 0.3) is 0 Å². The first-order chi connectivity index (χ1) is 12.8. The zero-order valence-electron chi connectivity index (χ0n) is 15.0. The lowest BCUT2D eigenvalue weighted by Crippen LogP contribution is -2.36. The zero-order chi connectivity index (χ0) is 20.0. The standard InChI is InChI=1S/C19H20Cl3N3O2/c1-3-12-6-4-5-7-16(12)23-17(26)10-25(2)11-18(27)24-19-14(21)8-13(20)9-15(19)22/h4-9H,3,10-11H2,1-2H3,(H,23,26)(H,24,27). The number of carbonyl (C=O) groups is 2. The molecule has 0 aliphatic heterocycles. The average Bonchev–Trinajstić information content (AvgIpc) is 2.58. The molecule has 0 saturated heterocycles. The topological polar surface area (TPSA) is 61.4 Å². The number of anilines is 2. The molecule has 0 unspecified atom stereocenters. The molecule has 0 heterocycles. The van der Waals surface area contributed by atoms with Gasteiger partial charge in [-0.3, -0.25) is 14.5 Å². The van der Waals surface area contributed by atoms with Crippen molar-refractivity contribution >= 4 is 58.0 Å². The Kier molecular flexibility index (Phi) is 7.92. The Hall–Kier alpha value is -1.79. The number of nitrogens with one attached hydrogen (secondary N) is 2. The number of likely N-dealkylation sites (N-methyl/N-ethyl adjacent to an activating group) is 1. The molecular formula is C19H20Cl3N3O2. The second-order valence-electron chi connectivity index (χ2n) is 6.02. The fraction of sp³-hybridized carbons (Fsp3) is 0.263. The highest BCUT2D eigenvalue weighted by Crippen LogP contribution is 2.33. The molecule has 27 heavy (non-hydrogen) atoms. The molecule has 0 aliphatic rings. The van der Waals surface area contributed by atoms with Gasteiger partial charge in [-0.15, -0.1) is 0 Å². The Morgan fingerprint density at radius 2 is 1.52 bits per heavy atom. The monoisotopic (exact) mass is 427 g/mol. The molecule has 0 aliphatic carbocycles. The Morgan fingerprint density at radius 3 is 2.11 bits per heavy atom. The van der Waals surface area contributed by atoms with Gasteiger partial charge in [-0.05, 0) is 37.2 Å². The van der Waals surface area contributed by atoms with Crippen LogP contribution in [-0.4, -0.2) is 36.9 Å². The van der Waals surface area contributed by atoms with Crippen molar-refractivity contribution in [2.75, 3.05) is 30.8 Å². The summed E-state index contributed by atoms with van der Waals surface area (Å²) in [6.45, 7) is 2.08. The molecule has 0 saturated carbocycles. The second-order valence-corrected chi connectivity index (χ2v) is 7.27. The van der Waals surface area contributed by atoms with E-state index in [1.165, 1.54) is 12.1 Å². The maximum atomic E-state index is 12.2. The number of halogens is 3. The largest absolute Gasteiger partial charge is 0.325 e. The van der Waals surface area contributed by atoms with Crippen LogP contribution < -0.4 is 10.6 Å². The third-order valence-electron chi connectivity index (χ3n) is 3.77. The van der Waals surface area contributed by atoms with Crippen molar-refractivity contribution < 1.29 is 9.59 Å². The molecule has 0 aromatic heterocycles. The van der Waals surface area contributed by atoms with Crippen LogP contribution in [-0.2, 0) is 16.0 Å². The Balaban J connectivity index is 1.90. The zero-order valence-corrected chi connectivity index (χ0v) is 17.3. The smallest absolute Gasteiger partial charge is 0.238 e. The molecule has 0 fully saturated rings. The van der Waals surface area contributed by atoms with Crippen LogP contribution in [0.5, 0.6) is 0 Å². The Bertz CT molecular complexity index is 820. The van der Waals surface area contributed by atoms with Gasteiger partial charge in [-0.2, -0.15) is 0 Å². The van der Waals surface area contributed by atoms with Crippen LogP contribution >= 0.6 is 34.8 Å². The lowest BCUT2D eigenvalue weighted by Gasteiger charge is -2.17. The molecule has 0 spiro atoms. The van der Waals surface area contributed by atoms with Crippen molar-refractivity contribution in [1.82, 2.24) is 4.90 Å². The van der Waals surface area contributed by atoms with E-state index in [1.54, 1.807) is 11.9 Å². The molecule has 2 rings (SSSR count). The fourth-order valence-corrected chi connectivity index (χ4v) is 3.44. The van der Waals surface area contributed by atoms with Gasteiger partial charge in [0.05, 0.1) is 28.8 Å². The SMILES string of the molecule is CCc1ccccc1NC(=O)CN(C)CC(=O)Nc1c(Cl)cc(Cl)cc1Cl. The summed E-state index contributed by atoms with van der Waals surface area (Å²) in [4.78, 5) is 26.0. The third kappa shape index (κ3) is 6.40. The van der Waals surface area contributed by atoms with E-state index < -0.39 is 0 Å². The summed E-state index contributed by atoms with van der Waals surface area (Å²) in [6.07, 6.45) is 0.817. The second kappa shape index (κ2) is 9.95. The molecule has 2 aromatic carbocycles. The minimum atomic E-state index is -0.342. The van der Waals surface area contributed by atoms with Gasteiger partial charge in [0.2, 0.25) is 11.8 Å².